The molecule has 4 rings (SSSR count). The Hall–Kier alpha value is -3.35. The first-order valence-electron chi connectivity index (χ1n) is 11.9. The minimum atomic E-state index is -0.779. The number of ether oxygens (including phenoxy) is 3. The summed E-state index contributed by atoms with van der Waals surface area (Å²) >= 11 is 0. The first kappa shape index (κ1) is 24.8. The zero-order valence-corrected chi connectivity index (χ0v) is 20.6. The van der Waals surface area contributed by atoms with E-state index in [2.05, 4.69) is 0 Å². The molecule has 0 unspecified atom stereocenters. The lowest BCUT2D eigenvalue weighted by Gasteiger charge is -2.54. The molecule has 1 heterocycles. The van der Waals surface area contributed by atoms with Crippen molar-refractivity contribution in [3.05, 3.63) is 95.6 Å². The number of rotatable bonds is 10. The van der Waals surface area contributed by atoms with Crippen molar-refractivity contribution in [2.75, 3.05) is 14.2 Å². The lowest BCUT2D eigenvalue weighted by Crippen LogP contribution is -2.68. The van der Waals surface area contributed by atoms with Gasteiger partial charge in [0.15, 0.2) is 0 Å². The SMILES string of the molecule is COc1ccc(C(c2ccc(OC)cc2)N2C(=O)[C@H]([C@H](C)O)[C@H]2[C@H](C)OCc2ccccc2)cc1. The van der Waals surface area contributed by atoms with E-state index in [1.54, 1.807) is 21.1 Å². The standard InChI is InChI=1S/C29H33NO5/c1-19(31)26-27(20(2)35-18-21-8-6-5-7-9-21)30(29(26)32)28(22-10-14-24(33-3)15-11-22)23-12-16-25(34-4)17-13-23/h5-17,19-20,26-28,31H,18H2,1-4H3/t19-,20-,26+,27+/m0/s1. The van der Waals surface area contributed by atoms with Crippen LogP contribution in [0.1, 0.15) is 36.6 Å². The summed E-state index contributed by atoms with van der Waals surface area (Å²) in [5.41, 5.74) is 2.97. The number of nitrogens with zero attached hydrogens (tertiary/aromatic N) is 1. The molecular formula is C29H33NO5. The van der Waals surface area contributed by atoms with E-state index in [0.29, 0.717) is 6.61 Å². The molecule has 0 aromatic heterocycles. The maximum atomic E-state index is 13.5. The van der Waals surface area contributed by atoms with Crippen molar-refractivity contribution in [3.63, 3.8) is 0 Å². The number of likely N-dealkylation sites (tertiary alicyclic amines) is 1. The van der Waals surface area contributed by atoms with Crippen molar-refractivity contribution in [2.45, 2.75) is 44.7 Å². The lowest BCUT2D eigenvalue weighted by molar-refractivity contribution is -0.181. The van der Waals surface area contributed by atoms with Crippen LogP contribution in [0.25, 0.3) is 0 Å². The largest absolute Gasteiger partial charge is 0.497 e. The summed E-state index contributed by atoms with van der Waals surface area (Å²) in [7, 11) is 3.26. The molecule has 0 radical (unpaired) electrons. The van der Waals surface area contributed by atoms with E-state index in [4.69, 9.17) is 14.2 Å². The van der Waals surface area contributed by atoms with E-state index in [1.807, 2.05) is 90.7 Å². The molecule has 1 N–H and O–H groups in total. The van der Waals surface area contributed by atoms with Crippen molar-refractivity contribution in [1.82, 2.24) is 4.90 Å². The third-order valence-corrected chi connectivity index (χ3v) is 6.73. The van der Waals surface area contributed by atoms with Crippen molar-refractivity contribution in [3.8, 4) is 11.5 Å². The third-order valence-electron chi connectivity index (χ3n) is 6.73. The Kier molecular flexibility index (Phi) is 7.73. The Morgan fingerprint density at radius 2 is 1.34 bits per heavy atom. The average Bonchev–Trinajstić information content (AvgIpc) is 2.89. The number of hydrogen-bond acceptors (Lipinski definition) is 5. The van der Waals surface area contributed by atoms with Crippen LogP contribution in [0, 0.1) is 5.92 Å². The molecule has 1 aliphatic heterocycles. The summed E-state index contributed by atoms with van der Waals surface area (Å²) < 4.78 is 16.9. The number of amides is 1. The monoisotopic (exact) mass is 475 g/mol. The zero-order valence-electron chi connectivity index (χ0n) is 20.6. The molecule has 6 nitrogen and oxygen atoms in total. The maximum Gasteiger partial charge on any atom is 0.231 e. The predicted molar refractivity (Wildman–Crippen MR) is 134 cm³/mol. The van der Waals surface area contributed by atoms with Gasteiger partial charge in [-0.2, -0.15) is 0 Å². The van der Waals surface area contributed by atoms with Gasteiger partial charge in [-0.05, 0) is 54.8 Å². The Morgan fingerprint density at radius 3 is 1.80 bits per heavy atom. The molecule has 3 aromatic carbocycles. The maximum absolute atomic E-state index is 13.5. The minimum absolute atomic E-state index is 0.0863. The summed E-state index contributed by atoms with van der Waals surface area (Å²) in [6.07, 6.45) is -1.06. The number of carbonyl (C=O) groups is 1. The number of benzene rings is 3. The topological polar surface area (TPSA) is 68.2 Å². The van der Waals surface area contributed by atoms with Gasteiger partial charge < -0.3 is 24.2 Å². The minimum Gasteiger partial charge on any atom is -0.497 e. The molecule has 184 valence electrons. The lowest BCUT2D eigenvalue weighted by atomic mass is 9.77. The van der Waals surface area contributed by atoms with Crippen LogP contribution in [-0.4, -0.2) is 48.4 Å². The Labute approximate surface area is 207 Å². The normalized spacial score (nSPS) is 19.3. The Bertz CT molecular complexity index is 1050. The summed E-state index contributed by atoms with van der Waals surface area (Å²) in [5.74, 6) is 0.877. The number of β-lactam (4-membered cyclic amide) rings is 1. The van der Waals surface area contributed by atoms with Crippen LogP contribution in [0.3, 0.4) is 0 Å². The fraction of sp³-hybridized carbons (Fsp3) is 0.345. The highest BCUT2D eigenvalue weighted by Crippen LogP contribution is 2.43. The van der Waals surface area contributed by atoms with Gasteiger partial charge in [0.2, 0.25) is 5.91 Å². The highest BCUT2D eigenvalue weighted by atomic mass is 16.5. The second-order valence-corrected chi connectivity index (χ2v) is 8.95. The van der Waals surface area contributed by atoms with Crippen LogP contribution in [0.15, 0.2) is 78.9 Å². The van der Waals surface area contributed by atoms with Crippen molar-refractivity contribution in [1.29, 1.82) is 0 Å². The zero-order chi connectivity index (χ0) is 24.9. The number of aliphatic hydroxyl groups excluding tert-OH is 1. The molecule has 3 aromatic rings. The van der Waals surface area contributed by atoms with Gasteiger partial charge in [0.05, 0.1) is 51.0 Å². The van der Waals surface area contributed by atoms with E-state index in [-0.39, 0.29) is 24.1 Å². The summed E-state index contributed by atoms with van der Waals surface area (Å²) in [5, 5.41) is 10.5. The van der Waals surface area contributed by atoms with Crippen molar-refractivity contribution in [2.24, 2.45) is 5.92 Å². The molecule has 35 heavy (non-hydrogen) atoms. The molecule has 1 fully saturated rings. The van der Waals surface area contributed by atoms with Crippen LogP contribution in [0.4, 0.5) is 0 Å². The number of aliphatic hydroxyl groups is 1. The molecule has 1 amide bonds. The fourth-order valence-electron chi connectivity index (χ4n) is 4.85. The highest BCUT2D eigenvalue weighted by molar-refractivity contribution is 5.88. The third kappa shape index (κ3) is 5.19. The van der Waals surface area contributed by atoms with Crippen molar-refractivity contribution >= 4 is 5.91 Å². The van der Waals surface area contributed by atoms with Gasteiger partial charge in [0.25, 0.3) is 0 Å². The smallest absolute Gasteiger partial charge is 0.231 e. The fourth-order valence-corrected chi connectivity index (χ4v) is 4.85. The van der Waals surface area contributed by atoms with Gasteiger partial charge in [-0.15, -0.1) is 0 Å². The van der Waals surface area contributed by atoms with Gasteiger partial charge >= 0.3 is 0 Å². The number of carbonyl (C=O) groups excluding carboxylic acids is 1. The van der Waals surface area contributed by atoms with E-state index >= 15 is 0 Å². The molecule has 0 saturated carbocycles. The second kappa shape index (κ2) is 10.9. The van der Waals surface area contributed by atoms with E-state index in [9.17, 15) is 9.90 Å². The summed E-state index contributed by atoms with van der Waals surface area (Å²) in [6, 6.07) is 24.8. The molecule has 0 bridgehead atoms. The van der Waals surface area contributed by atoms with Crippen LogP contribution in [0.2, 0.25) is 0 Å². The summed E-state index contributed by atoms with van der Waals surface area (Å²) in [4.78, 5) is 15.3. The van der Waals surface area contributed by atoms with Gasteiger partial charge in [-0.1, -0.05) is 54.6 Å². The number of hydrogen-bond donors (Lipinski definition) is 1. The molecule has 1 saturated heterocycles. The van der Waals surface area contributed by atoms with Crippen LogP contribution in [0.5, 0.6) is 11.5 Å². The Balaban J connectivity index is 1.68. The Morgan fingerprint density at radius 1 is 0.829 bits per heavy atom. The molecule has 6 heteroatoms. The highest BCUT2D eigenvalue weighted by Gasteiger charge is 2.55. The van der Waals surface area contributed by atoms with E-state index < -0.39 is 12.0 Å². The predicted octanol–water partition coefficient (Wildman–Crippen LogP) is 4.61. The van der Waals surface area contributed by atoms with Gasteiger partial charge in [-0.3, -0.25) is 4.79 Å². The summed E-state index contributed by atoms with van der Waals surface area (Å²) in [6.45, 7) is 4.08. The molecule has 1 aliphatic rings. The first-order valence-corrected chi connectivity index (χ1v) is 11.9. The first-order chi connectivity index (χ1) is 16.9. The van der Waals surface area contributed by atoms with E-state index in [1.165, 1.54) is 0 Å². The van der Waals surface area contributed by atoms with Gasteiger partial charge in [-0.25, -0.2) is 0 Å². The molecule has 0 spiro atoms. The molecule has 4 atom stereocenters. The average molecular weight is 476 g/mol. The quantitative estimate of drug-likeness (QED) is 0.434. The van der Waals surface area contributed by atoms with Crippen LogP contribution < -0.4 is 9.47 Å². The van der Waals surface area contributed by atoms with Crippen LogP contribution >= 0.6 is 0 Å². The molecule has 0 aliphatic carbocycles. The number of methoxy groups -OCH3 is 2. The second-order valence-electron chi connectivity index (χ2n) is 8.95. The van der Waals surface area contributed by atoms with Crippen molar-refractivity contribution < 1.29 is 24.1 Å². The van der Waals surface area contributed by atoms with Gasteiger partial charge in [0.1, 0.15) is 11.5 Å². The van der Waals surface area contributed by atoms with Gasteiger partial charge in [0, 0.05) is 0 Å². The molecular weight excluding hydrogens is 442 g/mol. The van der Waals surface area contributed by atoms with Crippen LogP contribution in [-0.2, 0) is 16.1 Å². The van der Waals surface area contributed by atoms with E-state index in [0.717, 1.165) is 28.2 Å².